The van der Waals surface area contributed by atoms with E-state index in [0.717, 1.165) is 51.6 Å². The first kappa shape index (κ1) is 18.2. The van der Waals surface area contributed by atoms with E-state index in [1.165, 1.54) is 0 Å². The maximum atomic E-state index is 12.8. The predicted octanol–water partition coefficient (Wildman–Crippen LogP) is 1.60. The van der Waals surface area contributed by atoms with Crippen LogP contribution < -0.4 is 5.32 Å². The van der Waals surface area contributed by atoms with Crippen LogP contribution in [0.2, 0.25) is 0 Å². The van der Waals surface area contributed by atoms with Crippen LogP contribution in [0.1, 0.15) is 45.4 Å². The summed E-state index contributed by atoms with van der Waals surface area (Å²) >= 11 is 0. The van der Waals surface area contributed by atoms with Gasteiger partial charge in [-0.2, -0.15) is 17.0 Å². The third kappa shape index (κ3) is 4.31. The second-order valence-corrected chi connectivity index (χ2v) is 7.46. The number of halogens is 1. The van der Waals surface area contributed by atoms with Crippen molar-refractivity contribution < 1.29 is 8.42 Å². The Balaban J connectivity index is 0.00000200. The van der Waals surface area contributed by atoms with Gasteiger partial charge in [0.25, 0.3) is 10.2 Å². The van der Waals surface area contributed by atoms with Gasteiger partial charge in [-0.05, 0) is 32.2 Å². The molecule has 1 unspecified atom stereocenters. The van der Waals surface area contributed by atoms with Crippen LogP contribution in [-0.2, 0) is 10.2 Å². The SMILES string of the molecule is CCCN(C1CCNC1)S(=O)(=O)N1CCCCCC1.Cl. The van der Waals surface area contributed by atoms with E-state index in [0.29, 0.717) is 19.6 Å². The van der Waals surface area contributed by atoms with Crippen molar-refractivity contribution in [2.24, 2.45) is 0 Å². The molecule has 0 aromatic carbocycles. The van der Waals surface area contributed by atoms with Crippen LogP contribution in [0.25, 0.3) is 0 Å². The van der Waals surface area contributed by atoms with E-state index < -0.39 is 10.2 Å². The Labute approximate surface area is 129 Å². The molecule has 0 spiro atoms. The van der Waals surface area contributed by atoms with Crippen LogP contribution in [0.3, 0.4) is 0 Å². The molecule has 2 heterocycles. The van der Waals surface area contributed by atoms with Gasteiger partial charge in [0.2, 0.25) is 0 Å². The van der Waals surface area contributed by atoms with E-state index in [4.69, 9.17) is 0 Å². The van der Waals surface area contributed by atoms with Crippen LogP contribution in [0.4, 0.5) is 0 Å². The third-order valence-electron chi connectivity index (χ3n) is 4.07. The monoisotopic (exact) mass is 325 g/mol. The lowest BCUT2D eigenvalue weighted by atomic mass is 10.2. The van der Waals surface area contributed by atoms with Gasteiger partial charge >= 0.3 is 0 Å². The molecule has 5 nitrogen and oxygen atoms in total. The lowest BCUT2D eigenvalue weighted by molar-refractivity contribution is 0.293. The molecule has 0 aromatic rings. The molecular weight excluding hydrogens is 298 g/mol. The number of nitrogens with zero attached hydrogens (tertiary/aromatic N) is 2. The molecule has 0 aliphatic carbocycles. The Morgan fingerprint density at radius 3 is 2.35 bits per heavy atom. The van der Waals surface area contributed by atoms with Gasteiger partial charge in [-0.1, -0.05) is 19.8 Å². The molecular formula is C13H28ClN3O2S. The molecule has 0 radical (unpaired) electrons. The van der Waals surface area contributed by atoms with Crippen molar-refractivity contribution in [3.63, 3.8) is 0 Å². The summed E-state index contributed by atoms with van der Waals surface area (Å²) in [5.74, 6) is 0. The fraction of sp³-hybridized carbons (Fsp3) is 1.00. The summed E-state index contributed by atoms with van der Waals surface area (Å²) in [5, 5.41) is 3.27. The van der Waals surface area contributed by atoms with E-state index >= 15 is 0 Å². The highest BCUT2D eigenvalue weighted by atomic mass is 35.5. The smallest absolute Gasteiger partial charge is 0.282 e. The maximum absolute atomic E-state index is 12.8. The quantitative estimate of drug-likeness (QED) is 0.835. The van der Waals surface area contributed by atoms with Gasteiger partial charge in [0.05, 0.1) is 0 Å². The van der Waals surface area contributed by atoms with Crippen LogP contribution >= 0.6 is 12.4 Å². The molecule has 0 saturated carbocycles. The molecule has 2 aliphatic rings. The molecule has 2 rings (SSSR count). The van der Waals surface area contributed by atoms with Gasteiger partial charge in [-0.3, -0.25) is 0 Å². The summed E-state index contributed by atoms with van der Waals surface area (Å²) in [5.41, 5.74) is 0. The average molecular weight is 326 g/mol. The van der Waals surface area contributed by atoms with Crippen molar-refractivity contribution in [2.75, 3.05) is 32.7 Å². The highest BCUT2D eigenvalue weighted by Crippen LogP contribution is 2.21. The van der Waals surface area contributed by atoms with Gasteiger partial charge in [-0.25, -0.2) is 0 Å². The summed E-state index contributed by atoms with van der Waals surface area (Å²) in [6.07, 6.45) is 6.14. The summed E-state index contributed by atoms with van der Waals surface area (Å²) < 4.78 is 29.1. The topological polar surface area (TPSA) is 52.7 Å². The molecule has 0 bridgehead atoms. The summed E-state index contributed by atoms with van der Waals surface area (Å²) in [6, 6.07) is 0.146. The van der Waals surface area contributed by atoms with Crippen molar-refractivity contribution in [1.29, 1.82) is 0 Å². The zero-order chi connectivity index (χ0) is 13.7. The number of hydrogen-bond acceptors (Lipinski definition) is 3. The summed E-state index contributed by atoms with van der Waals surface area (Å²) in [6.45, 7) is 5.82. The van der Waals surface area contributed by atoms with Gasteiger partial charge in [0.1, 0.15) is 0 Å². The molecule has 0 amide bonds. The Hall–Kier alpha value is 0.120. The lowest BCUT2D eigenvalue weighted by Gasteiger charge is -2.32. The van der Waals surface area contributed by atoms with Gasteiger partial charge < -0.3 is 5.32 Å². The Morgan fingerprint density at radius 2 is 1.85 bits per heavy atom. The Kier molecular flexibility index (Phi) is 7.75. The Morgan fingerprint density at radius 1 is 1.20 bits per heavy atom. The van der Waals surface area contributed by atoms with E-state index in [1.807, 2.05) is 6.92 Å². The molecule has 20 heavy (non-hydrogen) atoms. The predicted molar refractivity (Wildman–Crippen MR) is 84.5 cm³/mol. The van der Waals surface area contributed by atoms with Crippen LogP contribution in [0.15, 0.2) is 0 Å². The molecule has 7 heteroatoms. The number of rotatable bonds is 5. The van der Waals surface area contributed by atoms with Crippen molar-refractivity contribution in [3.05, 3.63) is 0 Å². The van der Waals surface area contributed by atoms with E-state index in [1.54, 1.807) is 8.61 Å². The number of hydrogen-bond donors (Lipinski definition) is 1. The van der Waals surface area contributed by atoms with E-state index in [2.05, 4.69) is 5.32 Å². The average Bonchev–Trinajstić information content (AvgIpc) is 2.76. The molecule has 2 saturated heterocycles. The van der Waals surface area contributed by atoms with Gasteiger partial charge in [-0.15, -0.1) is 12.4 Å². The normalized spacial score (nSPS) is 25.4. The highest BCUT2D eigenvalue weighted by molar-refractivity contribution is 7.86. The molecule has 2 fully saturated rings. The first-order chi connectivity index (χ1) is 9.16. The zero-order valence-electron chi connectivity index (χ0n) is 12.4. The second-order valence-electron chi connectivity index (χ2n) is 5.58. The van der Waals surface area contributed by atoms with Gasteiger partial charge in [0.15, 0.2) is 0 Å². The first-order valence-electron chi connectivity index (χ1n) is 7.64. The van der Waals surface area contributed by atoms with E-state index in [-0.39, 0.29) is 18.4 Å². The van der Waals surface area contributed by atoms with Gasteiger partial charge in [0, 0.05) is 32.2 Å². The van der Waals surface area contributed by atoms with Crippen LogP contribution in [0.5, 0.6) is 0 Å². The van der Waals surface area contributed by atoms with Crippen molar-refractivity contribution in [2.45, 2.75) is 51.5 Å². The molecule has 2 aliphatic heterocycles. The third-order valence-corrected chi connectivity index (χ3v) is 6.16. The number of nitrogens with one attached hydrogen (secondary N) is 1. The second kappa shape index (κ2) is 8.54. The largest absolute Gasteiger partial charge is 0.315 e. The molecule has 120 valence electrons. The van der Waals surface area contributed by atoms with Crippen molar-refractivity contribution in [3.8, 4) is 0 Å². The Bertz CT molecular complexity index is 364. The molecule has 1 atom stereocenters. The standard InChI is InChI=1S/C13H27N3O2S.ClH/c1-2-9-16(13-7-8-14-12-13)19(17,18)15-10-5-3-4-6-11-15;/h13-14H,2-12H2,1H3;1H. The zero-order valence-corrected chi connectivity index (χ0v) is 14.0. The summed E-state index contributed by atoms with van der Waals surface area (Å²) in [7, 11) is -3.27. The van der Waals surface area contributed by atoms with Crippen LogP contribution in [0, 0.1) is 0 Å². The molecule has 0 aromatic heterocycles. The van der Waals surface area contributed by atoms with Crippen LogP contribution in [-0.4, -0.2) is 55.8 Å². The highest BCUT2D eigenvalue weighted by Gasteiger charge is 2.35. The van der Waals surface area contributed by atoms with Crippen molar-refractivity contribution in [1.82, 2.24) is 13.9 Å². The molecule has 1 N–H and O–H groups in total. The minimum atomic E-state index is -3.27. The minimum absolute atomic E-state index is 0. The minimum Gasteiger partial charge on any atom is -0.315 e. The maximum Gasteiger partial charge on any atom is 0.282 e. The van der Waals surface area contributed by atoms with E-state index in [9.17, 15) is 8.42 Å². The summed E-state index contributed by atoms with van der Waals surface area (Å²) in [4.78, 5) is 0. The van der Waals surface area contributed by atoms with Crippen molar-refractivity contribution >= 4 is 22.6 Å². The first-order valence-corrected chi connectivity index (χ1v) is 9.03. The fourth-order valence-electron chi connectivity index (χ4n) is 3.01. The fourth-order valence-corrected chi connectivity index (χ4v) is 5.00. The lowest BCUT2D eigenvalue weighted by Crippen LogP contribution is -2.49.